The van der Waals surface area contributed by atoms with Crippen LogP contribution in [0.5, 0.6) is 0 Å². The summed E-state index contributed by atoms with van der Waals surface area (Å²) in [4.78, 5) is 0. The fourth-order valence-corrected chi connectivity index (χ4v) is 1.82. The van der Waals surface area contributed by atoms with Gasteiger partial charge in [-0.2, -0.15) is 19.3 Å². The Balaban J connectivity index is 4.53. The molecule has 0 aromatic heterocycles. The minimum absolute atomic E-state index is 0.417. The van der Waals surface area contributed by atoms with Crippen molar-refractivity contribution in [3.63, 3.8) is 0 Å². The summed E-state index contributed by atoms with van der Waals surface area (Å²) in [7, 11) is 0. The van der Waals surface area contributed by atoms with Crippen LogP contribution in [0.2, 0.25) is 0 Å². The standard InChI is InChI=1S/C11H23/c1-8(2)11(7,9(3)4)10(5)6/h8-9H,1-7H3/q-1. The fourth-order valence-electron chi connectivity index (χ4n) is 1.82. The third-order valence-electron chi connectivity index (χ3n) is 3.48. The van der Waals surface area contributed by atoms with Gasteiger partial charge in [-0.3, -0.25) is 0 Å². The lowest BCUT2D eigenvalue weighted by molar-refractivity contribution is 0.157. The number of hydrogen-bond donors (Lipinski definition) is 0. The zero-order chi connectivity index (χ0) is 9.23. The third-order valence-corrected chi connectivity index (χ3v) is 3.48. The van der Waals surface area contributed by atoms with Gasteiger partial charge in [0, 0.05) is 0 Å². The molecule has 68 valence electrons. The van der Waals surface area contributed by atoms with Crippen LogP contribution in [-0.4, -0.2) is 0 Å². The van der Waals surface area contributed by atoms with E-state index in [1.165, 1.54) is 0 Å². The lowest BCUT2D eigenvalue weighted by Crippen LogP contribution is -2.33. The molecule has 0 radical (unpaired) electrons. The molecule has 0 heteroatoms. The topological polar surface area (TPSA) is 0 Å². The summed E-state index contributed by atoms with van der Waals surface area (Å²) in [5.74, 6) is 3.04. The molecule has 0 atom stereocenters. The third kappa shape index (κ3) is 1.98. The van der Waals surface area contributed by atoms with Crippen molar-refractivity contribution in [2.45, 2.75) is 48.5 Å². The summed E-state index contributed by atoms with van der Waals surface area (Å²) in [6, 6.07) is 0. The van der Waals surface area contributed by atoms with Crippen molar-refractivity contribution >= 4 is 0 Å². The summed E-state index contributed by atoms with van der Waals surface area (Å²) in [5, 5.41) is 0. The van der Waals surface area contributed by atoms with Gasteiger partial charge in [0.1, 0.15) is 0 Å². The maximum atomic E-state index is 2.37. The Morgan fingerprint density at radius 2 is 1.18 bits per heavy atom. The van der Waals surface area contributed by atoms with Gasteiger partial charge in [0.2, 0.25) is 0 Å². The second-order valence-electron chi connectivity index (χ2n) is 4.59. The second-order valence-corrected chi connectivity index (χ2v) is 4.59. The number of hydrogen-bond acceptors (Lipinski definition) is 0. The molecule has 0 saturated heterocycles. The molecule has 0 aliphatic carbocycles. The van der Waals surface area contributed by atoms with Crippen LogP contribution in [0.4, 0.5) is 0 Å². The van der Waals surface area contributed by atoms with Crippen molar-refractivity contribution in [1.82, 2.24) is 0 Å². The highest BCUT2D eigenvalue weighted by Gasteiger charge is 2.25. The van der Waals surface area contributed by atoms with Crippen molar-refractivity contribution in [3.8, 4) is 0 Å². The van der Waals surface area contributed by atoms with Crippen LogP contribution in [-0.2, 0) is 0 Å². The van der Waals surface area contributed by atoms with Crippen LogP contribution in [0.1, 0.15) is 48.5 Å². The van der Waals surface area contributed by atoms with Crippen LogP contribution in [0, 0.1) is 23.2 Å². The second kappa shape index (κ2) is 3.60. The Labute approximate surface area is 72.4 Å². The molecule has 0 fully saturated rings. The molecule has 0 rings (SSSR count). The van der Waals surface area contributed by atoms with Gasteiger partial charge in [-0.1, -0.05) is 46.5 Å². The zero-order valence-corrected chi connectivity index (χ0v) is 9.15. The highest BCUT2D eigenvalue weighted by Crippen LogP contribution is 2.43. The average molecular weight is 155 g/mol. The van der Waals surface area contributed by atoms with Gasteiger partial charge < -0.3 is 5.92 Å². The Hall–Kier alpha value is 0. The maximum absolute atomic E-state index is 2.37. The van der Waals surface area contributed by atoms with Gasteiger partial charge in [0.15, 0.2) is 0 Å². The van der Waals surface area contributed by atoms with E-state index in [0.717, 1.165) is 11.8 Å². The van der Waals surface area contributed by atoms with Crippen LogP contribution in [0.3, 0.4) is 0 Å². The predicted octanol–water partition coefficient (Wildman–Crippen LogP) is 3.92. The molecule has 0 amide bonds. The van der Waals surface area contributed by atoms with E-state index >= 15 is 0 Å². The minimum atomic E-state index is 0.417. The molecule has 0 heterocycles. The van der Waals surface area contributed by atoms with Crippen molar-refractivity contribution in [1.29, 1.82) is 0 Å². The fraction of sp³-hybridized carbons (Fsp3) is 0.909. The largest absolute Gasteiger partial charge is 0.313 e. The first-order valence-electron chi connectivity index (χ1n) is 4.64. The molecule has 0 N–H and O–H groups in total. The van der Waals surface area contributed by atoms with Crippen LogP contribution < -0.4 is 0 Å². The quantitative estimate of drug-likeness (QED) is 0.542. The molecule has 0 aliphatic heterocycles. The minimum Gasteiger partial charge on any atom is -0.313 e. The highest BCUT2D eigenvalue weighted by atomic mass is 14.4. The molecular weight excluding hydrogens is 132 g/mol. The van der Waals surface area contributed by atoms with Gasteiger partial charge in [0.05, 0.1) is 0 Å². The van der Waals surface area contributed by atoms with Crippen molar-refractivity contribution in [3.05, 3.63) is 5.92 Å². The Morgan fingerprint density at radius 3 is 1.18 bits per heavy atom. The monoisotopic (exact) mass is 155 g/mol. The SMILES string of the molecule is C[C-](C)C(C)(C(C)C)C(C)C. The Kier molecular flexibility index (Phi) is 3.60. The molecule has 0 saturated carbocycles. The van der Waals surface area contributed by atoms with E-state index in [1.807, 2.05) is 0 Å². The zero-order valence-electron chi connectivity index (χ0n) is 9.15. The van der Waals surface area contributed by atoms with E-state index in [1.54, 1.807) is 5.92 Å². The van der Waals surface area contributed by atoms with E-state index < -0.39 is 0 Å². The summed E-state index contributed by atoms with van der Waals surface area (Å²) < 4.78 is 0. The van der Waals surface area contributed by atoms with Gasteiger partial charge in [-0.05, 0) is 0 Å². The maximum Gasteiger partial charge on any atom is -0.0647 e. The normalized spacial score (nSPS) is 13.6. The summed E-state index contributed by atoms with van der Waals surface area (Å²) in [6.45, 7) is 16.1. The van der Waals surface area contributed by atoms with E-state index in [9.17, 15) is 0 Å². The van der Waals surface area contributed by atoms with Crippen molar-refractivity contribution < 1.29 is 0 Å². The summed E-state index contributed by atoms with van der Waals surface area (Å²) >= 11 is 0. The molecule has 0 spiro atoms. The summed E-state index contributed by atoms with van der Waals surface area (Å²) in [5.41, 5.74) is 0.417. The first kappa shape index (κ1) is 11.0. The van der Waals surface area contributed by atoms with Gasteiger partial charge in [-0.25, -0.2) is 0 Å². The summed E-state index contributed by atoms with van der Waals surface area (Å²) in [6.07, 6.45) is 0. The molecule has 0 aromatic rings. The van der Waals surface area contributed by atoms with Crippen molar-refractivity contribution in [2.75, 3.05) is 0 Å². The molecule has 0 unspecified atom stereocenters. The van der Waals surface area contributed by atoms with Crippen LogP contribution >= 0.6 is 0 Å². The molecule has 0 aromatic carbocycles. The van der Waals surface area contributed by atoms with Crippen molar-refractivity contribution in [2.24, 2.45) is 17.3 Å². The average Bonchev–Trinajstić information content (AvgIpc) is 1.84. The van der Waals surface area contributed by atoms with Gasteiger partial charge in [0.25, 0.3) is 0 Å². The first-order valence-corrected chi connectivity index (χ1v) is 4.64. The molecule has 0 nitrogen and oxygen atoms in total. The first-order chi connectivity index (χ1) is 4.83. The van der Waals surface area contributed by atoms with Crippen LogP contribution in [0.25, 0.3) is 0 Å². The van der Waals surface area contributed by atoms with E-state index in [0.29, 0.717) is 5.41 Å². The Morgan fingerprint density at radius 1 is 0.909 bits per heavy atom. The molecule has 11 heavy (non-hydrogen) atoms. The lowest BCUT2D eigenvalue weighted by atomic mass is 9.64. The molecule has 0 aliphatic rings. The smallest absolute Gasteiger partial charge is 0.0647 e. The molecule has 0 bridgehead atoms. The van der Waals surface area contributed by atoms with E-state index in [-0.39, 0.29) is 0 Å². The van der Waals surface area contributed by atoms with Crippen LogP contribution in [0.15, 0.2) is 0 Å². The lowest BCUT2D eigenvalue weighted by Gasteiger charge is -2.52. The Bertz CT molecular complexity index is 87.4. The van der Waals surface area contributed by atoms with Gasteiger partial charge in [-0.15, -0.1) is 0 Å². The van der Waals surface area contributed by atoms with E-state index in [2.05, 4.69) is 48.5 Å². The number of rotatable bonds is 3. The predicted molar refractivity (Wildman–Crippen MR) is 52.4 cm³/mol. The molecular formula is C11H23-. The van der Waals surface area contributed by atoms with Gasteiger partial charge >= 0.3 is 0 Å². The highest BCUT2D eigenvalue weighted by molar-refractivity contribution is 5.01. The van der Waals surface area contributed by atoms with E-state index in [4.69, 9.17) is 0 Å².